The Kier molecular flexibility index (Phi) is 5.23. The Hall–Kier alpha value is -1.06. The lowest BCUT2D eigenvalue weighted by atomic mass is 10.1. The second kappa shape index (κ2) is 6.92. The lowest BCUT2D eigenvalue weighted by molar-refractivity contribution is 0.0773. The van der Waals surface area contributed by atoms with Gasteiger partial charge in [-0.25, -0.2) is 0 Å². The molecule has 104 valence electrons. The number of carbonyl (C=O) groups is 1. The van der Waals surface area contributed by atoms with E-state index in [2.05, 4.69) is 4.90 Å². The summed E-state index contributed by atoms with van der Waals surface area (Å²) in [7, 11) is 1.85. The molecule has 0 N–H and O–H groups in total. The van der Waals surface area contributed by atoms with E-state index in [1.165, 1.54) is 32.4 Å². The van der Waals surface area contributed by atoms with Crippen molar-refractivity contribution in [2.24, 2.45) is 0 Å². The number of nitrogens with zero attached hydrogens (tertiary/aromatic N) is 2. The van der Waals surface area contributed by atoms with Gasteiger partial charge in [0.15, 0.2) is 0 Å². The third kappa shape index (κ3) is 4.22. The van der Waals surface area contributed by atoms with E-state index in [1.807, 2.05) is 19.2 Å². The fourth-order valence-electron chi connectivity index (χ4n) is 2.42. The van der Waals surface area contributed by atoms with Gasteiger partial charge >= 0.3 is 0 Å². The van der Waals surface area contributed by atoms with Gasteiger partial charge in [0, 0.05) is 30.7 Å². The average Bonchev–Trinajstić information content (AvgIpc) is 2.45. The molecule has 0 unspecified atom stereocenters. The Balaban J connectivity index is 1.85. The molecule has 0 spiro atoms. The highest BCUT2D eigenvalue weighted by molar-refractivity contribution is 6.30. The quantitative estimate of drug-likeness (QED) is 0.847. The minimum atomic E-state index is 0.0412. The molecule has 0 bridgehead atoms. The summed E-state index contributed by atoms with van der Waals surface area (Å²) in [6.45, 7) is 4.06. The van der Waals surface area contributed by atoms with Gasteiger partial charge in [-0.05, 0) is 44.1 Å². The predicted molar refractivity (Wildman–Crippen MR) is 78.7 cm³/mol. The van der Waals surface area contributed by atoms with Crippen LogP contribution in [0.5, 0.6) is 0 Å². The number of halogens is 1. The molecule has 1 aliphatic rings. The molecule has 0 aromatic heterocycles. The van der Waals surface area contributed by atoms with E-state index in [9.17, 15) is 4.79 Å². The van der Waals surface area contributed by atoms with E-state index in [0.717, 1.165) is 13.1 Å². The normalized spacial score (nSPS) is 16.3. The summed E-state index contributed by atoms with van der Waals surface area (Å²) in [5.41, 5.74) is 0.661. The van der Waals surface area contributed by atoms with E-state index in [1.54, 1.807) is 17.0 Å². The van der Waals surface area contributed by atoms with E-state index >= 15 is 0 Å². The molecule has 0 radical (unpaired) electrons. The van der Waals surface area contributed by atoms with E-state index in [4.69, 9.17) is 11.6 Å². The van der Waals surface area contributed by atoms with Crippen LogP contribution in [0, 0.1) is 0 Å². The summed E-state index contributed by atoms with van der Waals surface area (Å²) in [5, 5.41) is 0.607. The standard InChI is InChI=1S/C15H21ClN2O/c1-17(10-11-18-8-3-2-4-9-18)15(19)13-6-5-7-14(16)12-13/h5-7,12H,2-4,8-11H2,1H3. The summed E-state index contributed by atoms with van der Waals surface area (Å²) in [4.78, 5) is 16.4. The SMILES string of the molecule is CN(CCN1CCCCC1)C(=O)c1cccc(Cl)c1. The van der Waals surface area contributed by atoms with Gasteiger partial charge in [-0.1, -0.05) is 24.1 Å². The number of hydrogen-bond acceptors (Lipinski definition) is 2. The summed E-state index contributed by atoms with van der Waals surface area (Å²) in [5.74, 6) is 0.0412. The van der Waals surface area contributed by atoms with Crippen LogP contribution >= 0.6 is 11.6 Å². The van der Waals surface area contributed by atoms with Crippen molar-refractivity contribution >= 4 is 17.5 Å². The van der Waals surface area contributed by atoms with Crippen molar-refractivity contribution in [1.82, 2.24) is 9.80 Å². The Morgan fingerprint density at radius 2 is 2.05 bits per heavy atom. The molecular formula is C15H21ClN2O. The van der Waals surface area contributed by atoms with E-state index in [0.29, 0.717) is 10.6 Å². The molecule has 1 amide bonds. The van der Waals surface area contributed by atoms with E-state index < -0.39 is 0 Å². The Morgan fingerprint density at radius 1 is 1.32 bits per heavy atom. The van der Waals surface area contributed by atoms with Gasteiger partial charge in [0.1, 0.15) is 0 Å². The Labute approximate surface area is 120 Å². The van der Waals surface area contributed by atoms with Gasteiger partial charge in [0.05, 0.1) is 0 Å². The van der Waals surface area contributed by atoms with Crippen LogP contribution in [0.4, 0.5) is 0 Å². The molecule has 4 heteroatoms. The van der Waals surface area contributed by atoms with E-state index in [-0.39, 0.29) is 5.91 Å². The zero-order chi connectivity index (χ0) is 13.7. The number of amides is 1. The van der Waals surface area contributed by atoms with Crippen LogP contribution in [0.2, 0.25) is 5.02 Å². The van der Waals surface area contributed by atoms with Gasteiger partial charge in [-0.15, -0.1) is 0 Å². The fourth-order valence-corrected chi connectivity index (χ4v) is 2.61. The number of piperidine rings is 1. The second-order valence-corrected chi connectivity index (χ2v) is 5.58. The second-order valence-electron chi connectivity index (χ2n) is 5.14. The van der Waals surface area contributed by atoms with Crippen molar-refractivity contribution in [2.75, 3.05) is 33.2 Å². The fraction of sp³-hybridized carbons (Fsp3) is 0.533. The smallest absolute Gasteiger partial charge is 0.253 e. The number of likely N-dealkylation sites (tertiary alicyclic amines) is 1. The maximum Gasteiger partial charge on any atom is 0.253 e. The highest BCUT2D eigenvalue weighted by atomic mass is 35.5. The zero-order valence-corrected chi connectivity index (χ0v) is 12.2. The Morgan fingerprint density at radius 3 is 2.74 bits per heavy atom. The highest BCUT2D eigenvalue weighted by Gasteiger charge is 2.14. The van der Waals surface area contributed by atoms with Crippen molar-refractivity contribution in [1.29, 1.82) is 0 Å². The zero-order valence-electron chi connectivity index (χ0n) is 11.4. The van der Waals surface area contributed by atoms with Crippen LogP contribution < -0.4 is 0 Å². The summed E-state index contributed by atoms with van der Waals surface area (Å²) in [6, 6.07) is 7.13. The number of likely N-dealkylation sites (N-methyl/N-ethyl adjacent to an activating group) is 1. The molecule has 0 aliphatic carbocycles. The Bertz CT molecular complexity index is 430. The largest absolute Gasteiger partial charge is 0.340 e. The summed E-state index contributed by atoms with van der Waals surface area (Å²) < 4.78 is 0. The highest BCUT2D eigenvalue weighted by Crippen LogP contribution is 2.13. The van der Waals surface area contributed by atoms with Gasteiger partial charge in [0.25, 0.3) is 5.91 Å². The molecule has 1 fully saturated rings. The molecule has 2 rings (SSSR count). The maximum absolute atomic E-state index is 12.2. The van der Waals surface area contributed by atoms with Crippen LogP contribution in [-0.4, -0.2) is 48.9 Å². The third-order valence-corrected chi connectivity index (χ3v) is 3.85. The number of rotatable bonds is 4. The molecule has 0 atom stereocenters. The molecule has 0 saturated carbocycles. The maximum atomic E-state index is 12.2. The van der Waals surface area contributed by atoms with Crippen molar-refractivity contribution in [3.05, 3.63) is 34.9 Å². The topological polar surface area (TPSA) is 23.6 Å². The number of carbonyl (C=O) groups excluding carboxylic acids is 1. The predicted octanol–water partition coefficient (Wildman–Crippen LogP) is 2.90. The van der Waals surface area contributed by atoms with Crippen molar-refractivity contribution in [3.8, 4) is 0 Å². The molecular weight excluding hydrogens is 260 g/mol. The van der Waals surface area contributed by atoms with Crippen molar-refractivity contribution < 1.29 is 4.79 Å². The third-order valence-electron chi connectivity index (χ3n) is 3.62. The van der Waals surface area contributed by atoms with Gasteiger partial charge in [-0.3, -0.25) is 4.79 Å². The molecule has 3 nitrogen and oxygen atoms in total. The van der Waals surface area contributed by atoms with Crippen LogP contribution in [0.3, 0.4) is 0 Å². The monoisotopic (exact) mass is 280 g/mol. The van der Waals surface area contributed by atoms with Crippen LogP contribution in [0.1, 0.15) is 29.6 Å². The molecule has 1 heterocycles. The van der Waals surface area contributed by atoms with Gasteiger partial charge in [-0.2, -0.15) is 0 Å². The van der Waals surface area contributed by atoms with Crippen molar-refractivity contribution in [2.45, 2.75) is 19.3 Å². The number of hydrogen-bond donors (Lipinski definition) is 0. The summed E-state index contributed by atoms with van der Waals surface area (Å²) in [6.07, 6.45) is 3.91. The van der Waals surface area contributed by atoms with Crippen LogP contribution in [0.15, 0.2) is 24.3 Å². The molecule has 1 saturated heterocycles. The molecule has 1 aromatic carbocycles. The van der Waals surface area contributed by atoms with Gasteiger partial charge in [0.2, 0.25) is 0 Å². The molecule has 1 aromatic rings. The van der Waals surface area contributed by atoms with Crippen LogP contribution in [0.25, 0.3) is 0 Å². The lowest BCUT2D eigenvalue weighted by Crippen LogP contribution is -2.38. The van der Waals surface area contributed by atoms with Gasteiger partial charge < -0.3 is 9.80 Å². The molecule has 1 aliphatic heterocycles. The molecule has 19 heavy (non-hydrogen) atoms. The number of benzene rings is 1. The lowest BCUT2D eigenvalue weighted by Gasteiger charge is -2.28. The van der Waals surface area contributed by atoms with Crippen molar-refractivity contribution in [3.63, 3.8) is 0 Å². The minimum absolute atomic E-state index is 0.0412. The average molecular weight is 281 g/mol. The first-order valence-corrected chi connectivity index (χ1v) is 7.28. The first kappa shape index (κ1) is 14.4. The minimum Gasteiger partial charge on any atom is -0.340 e. The summed E-state index contributed by atoms with van der Waals surface area (Å²) >= 11 is 5.91. The first-order valence-electron chi connectivity index (χ1n) is 6.90. The van der Waals surface area contributed by atoms with Crippen LogP contribution in [-0.2, 0) is 0 Å². The first-order chi connectivity index (χ1) is 9.16.